The lowest BCUT2D eigenvalue weighted by Gasteiger charge is -2.38. The maximum absolute atomic E-state index is 12.5. The Bertz CT molecular complexity index is 1150. The molecule has 0 bridgehead atoms. The number of fused-ring (bicyclic) bond motifs is 1. The van der Waals surface area contributed by atoms with Crippen molar-refractivity contribution in [3.05, 3.63) is 53.7 Å². The van der Waals surface area contributed by atoms with Crippen LogP contribution in [0.4, 0.5) is 11.6 Å². The zero-order valence-corrected chi connectivity index (χ0v) is 17.4. The van der Waals surface area contributed by atoms with Crippen molar-refractivity contribution in [3.63, 3.8) is 0 Å². The van der Waals surface area contributed by atoms with E-state index in [1.54, 1.807) is 39.7 Å². The molecule has 3 aromatic rings. The Morgan fingerprint density at radius 1 is 1.32 bits per heavy atom. The summed E-state index contributed by atoms with van der Waals surface area (Å²) in [7, 11) is 1.65. The minimum absolute atomic E-state index is 0.0485. The molecular formula is C21H25N7O3. The number of aromatic nitrogens is 5. The van der Waals surface area contributed by atoms with Crippen LogP contribution < -0.4 is 10.9 Å². The molecule has 0 radical (unpaired) electrons. The molecule has 1 aliphatic rings. The highest BCUT2D eigenvalue weighted by atomic mass is 16.5. The van der Waals surface area contributed by atoms with Crippen molar-refractivity contribution in [1.29, 1.82) is 0 Å². The molecule has 0 spiro atoms. The molecule has 1 amide bonds. The van der Waals surface area contributed by atoms with E-state index in [1.807, 2.05) is 6.20 Å². The molecule has 0 atom stereocenters. The summed E-state index contributed by atoms with van der Waals surface area (Å²) in [6, 6.07) is 3.27. The fraction of sp³-hybridized carbons (Fsp3) is 0.381. The molecule has 0 aliphatic carbocycles. The highest BCUT2D eigenvalue weighted by Gasteiger charge is 2.28. The predicted octanol–water partition coefficient (Wildman–Crippen LogP) is 1.41. The van der Waals surface area contributed by atoms with Gasteiger partial charge in [0, 0.05) is 50.6 Å². The van der Waals surface area contributed by atoms with Gasteiger partial charge in [-0.15, -0.1) is 0 Å². The zero-order chi connectivity index (χ0) is 21.8. The fourth-order valence-electron chi connectivity index (χ4n) is 3.59. The van der Waals surface area contributed by atoms with Crippen molar-refractivity contribution < 1.29 is 9.53 Å². The number of rotatable bonds is 9. The van der Waals surface area contributed by atoms with Gasteiger partial charge in [-0.05, 0) is 24.5 Å². The van der Waals surface area contributed by atoms with Crippen molar-refractivity contribution in [2.24, 2.45) is 5.92 Å². The van der Waals surface area contributed by atoms with E-state index in [0.29, 0.717) is 50.3 Å². The Labute approximate surface area is 179 Å². The summed E-state index contributed by atoms with van der Waals surface area (Å²) in [5.74, 6) is 0.709. The molecular weight excluding hydrogens is 398 g/mol. The van der Waals surface area contributed by atoms with E-state index in [2.05, 4.69) is 27.0 Å². The van der Waals surface area contributed by atoms with Gasteiger partial charge in [0.05, 0.1) is 25.0 Å². The number of carbonyl (C=O) groups is 1. The summed E-state index contributed by atoms with van der Waals surface area (Å²) < 4.78 is 8.49. The molecule has 1 N–H and O–H groups in total. The smallest absolute Gasteiger partial charge is 0.252 e. The highest BCUT2D eigenvalue weighted by Crippen LogP contribution is 2.21. The Kier molecular flexibility index (Phi) is 6.08. The van der Waals surface area contributed by atoms with Crippen LogP contribution in [-0.2, 0) is 22.6 Å². The van der Waals surface area contributed by atoms with E-state index < -0.39 is 0 Å². The van der Waals surface area contributed by atoms with E-state index in [4.69, 9.17) is 4.74 Å². The van der Waals surface area contributed by atoms with Gasteiger partial charge in [-0.2, -0.15) is 10.1 Å². The molecule has 4 rings (SSSR count). The minimum atomic E-state index is -0.108. The quantitative estimate of drug-likeness (QED) is 0.519. The Balaban J connectivity index is 1.48. The number of amides is 1. The minimum Gasteiger partial charge on any atom is -0.383 e. The lowest BCUT2D eigenvalue weighted by molar-refractivity contribution is -0.132. The van der Waals surface area contributed by atoms with Gasteiger partial charge in [-0.3, -0.25) is 18.8 Å². The maximum Gasteiger partial charge on any atom is 0.252 e. The molecule has 3 aromatic heterocycles. The molecule has 162 valence electrons. The Hall–Kier alpha value is -3.53. The summed E-state index contributed by atoms with van der Waals surface area (Å²) in [5.41, 5.74) is 1.22. The molecule has 0 saturated carbocycles. The van der Waals surface area contributed by atoms with E-state index in [1.165, 1.54) is 12.1 Å². The van der Waals surface area contributed by atoms with Gasteiger partial charge in [0.2, 0.25) is 11.9 Å². The number of anilines is 2. The van der Waals surface area contributed by atoms with E-state index >= 15 is 0 Å². The monoisotopic (exact) mass is 423 g/mol. The molecule has 0 aromatic carbocycles. The molecule has 0 unspecified atom stereocenters. The summed E-state index contributed by atoms with van der Waals surface area (Å²) in [6.07, 6.45) is 7.35. The number of ether oxygens (including phenoxy) is 1. The van der Waals surface area contributed by atoms with Gasteiger partial charge in [-0.1, -0.05) is 6.58 Å². The van der Waals surface area contributed by atoms with Crippen LogP contribution in [0.15, 0.2) is 48.2 Å². The maximum atomic E-state index is 12.5. The lowest BCUT2D eigenvalue weighted by atomic mass is 9.96. The number of nitrogens with zero attached hydrogens (tertiary/aromatic N) is 6. The number of hydrogen-bond donors (Lipinski definition) is 1. The van der Waals surface area contributed by atoms with Gasteiger partial charge in [0.25, 0.3) is 5.56 Å². The van der Waals surface area contributed by atoms with Crippen LogP contribution in [0, 0.1) is 5.92 Å². The van der Waals surface area contributed by atoms with Gasteiger partial charge >= 0.3 is 0 Å². The first-order chi connectivity index (χ1) is 15.1. The van der Waals surface area contributed by atoms with E-state index in [0.717, 1.165) is 17.5 Å². The normalized spacial score (nSPS) is 13.9. The fourth-order valence-corrected chi connectivity index (χ4v) is 3.59. The van der Waals surface area contributed by atoms with E-state index in [9.17, 15) is 9.59 Å². The largest absolute Gasteiger partial charge is 0.383 e. The lowest BCUT2D eigenvalue weighted by Crippen LogP contribution is -2.49. The molecule has 4 heterocycles. The predicted molar refractivity (Wildman–Crippen MR) is 116 cm³/mol. The van der Waals surface area contributed by atoms with Crippen LogP contribution >= 0.6 is 0 Å². The molecule has 1 saturated heterocycles. The second-order valence-electron chi connectivity index (χ2n) is 7.51. The molecule has 10 nitrogen and oxygen atoms in total. The summed E-state index contributed by atoms with van der Waals surface area (Å²) in [6.45, 7) is 6.65. The molecule has 1 fully saturated rings. The third-order valence-corrected chi connectivity index (χ3v) is 5.34. The third-order valence-electron chi connectivity index (χ3n) is 5.34. The molecule has 31 heavy (non-hydrogen) atoms. The second-order valence-corrected chi connectivity index (χ2v) is 7.51. The van der Waals surface area contributed by atoms with E-state index in [-0.39, 0.29) is 11.5 Å². The second kappa shape index (κ2) is 9.09. The number of carbonyl (C=O) groups excluding carboxylic acids is 1. The average molecular weight is 423 g/mol. The Morgan fingerprint density at radius 3 is 2.94 bits per heavy atom. The van der Waals surface area contributed by atoms with Crippen molar-refractivity contribution in [2.75, 3.05) is 32.1 Å². The van der Waals surface area contributed by atoms with Crippen molar-refractivity contribution >= 4 is 28.6 Å². The van der Waals surface area contributed by atoms with Gasteiger partial charge in [0.1, 0.15) is 5.65 Å². The van der Waals surface area contributed by atoms with Crippen LogP contribution in [0.2, 0.25) is 0 Å². The number of methoxy groups -OCH3 is 1. The summed E-state index contributed by atoms with van der Waals surface area (Å²) >= 11 is 0. The highest BCUT2D eigenvalue weighted by molar-refractivity contribution is 5.87. The number of pyridine rings is 1. The summed E-state index contributed by atoms with van der Waals surface area (Å²) in [5, 5.41) is 8.19. The standard InChI is InChI=1S/C21H25N7O3/c1-3-18(29)26-12-15(13-26)6-7-28-19(30)5-4-16-10-22-21(25-20(16)28)24-17-11-23-27(14-17)8-9-31-2/h3-5,10-11,14-15H,1,6-9,12-13H2,2H3,(H,22,24,25). The topological polar surface area (TPSA) is 107 Å². The third kappa shape index (κ3) is 4.64. The molecule has 1 aliphatic heterocycles. The van der Waals surface area contributed by atoms with Crippen molar-refractivity contribution in [3.8, 4) is 0 Å². The zero-order valence-electron chi connectivity index (χ0n) is 17.4. The molecule has 10 heteroatoms. The van der Waals surface area contributed by atoms with Crippen LogP contribution in [0.5, 0.6) is 0 Å². The van der Waals surface area contributed by atoms with Crippen LogP contribution in [0.25, 0.3) is 11.0 Å². The van der Waals surface area contributed by atoms with Gasteiger partial charge in [0.15, 0.2) is 0 Å². The number of hydrogen-bond acceptors (Lipinski definition) is 7. The average Bonchev–Trinajstić information content (AvgIpc) is 3.19. The summed E-state index contributed by atoms with van der Waals surface area (Å²) in [4.78, 5) is 34.8. The first kappa shape index (κ1) is 20.7. The SMILES string of the molecule is C=CC(=O)N1CC(CCn2c(=O)ccc3cnc(Nc4cnn(CCOC)c4)nc32)C1. The number of likely N-dealkylation sites (tertiary alicyclic amines) is 1. The first-order valence-electron chi connectivity index (χ1n) is 10.1. The van der Waals surface area contributed by atoms with Gasteiger partial charge < -0.3 is 15.0 Å². The first-order valence-corrected chi connectivity index (χ1v) is 10.1. The van der Waals surface area contributed by atoms with Gasteiger partial charge in [-0.25, -0.2) is 4.98 Å². The number of aryl methyl sites for hydroxylation is 1. The Morgan fingerprint density at radius 2 is 2.16 bits per heavy atom. The van der Waals surface area contributed by atoms with Crippen LogP contribution in [0.3, 0.4) is 0 Å². The van der Waals surface area contributed by atoms with Crippen molar-refractivity contribution in [1.82, 2.24) is 29.2 Å². The van der Waals surface area contributed by atoms with Crippen molar-refractivity contribution in [2.45, 2.75) is 19.5 Å². The number of nitrogens with one attached hydrogen (secondary N) is 1. The van der Waals surface area contributed by atoms with Crippen LogP contribution in [-0.4, -0.2) is 61.9 Å². The van der Waals surface area contributed by atoms with Crippen LogP contribution in [0.1, 0.15) is 6.42 Å².